The maximum absolute atomic E-state index is 4.47. The minimum Gasteiger partial charge on any atom is -0.308 e. The van der Waals surface area contributed by atoms with Gasteiger partial charge in [-0.05, 0) is 50.5 Å². The Kier molecular flexibility index (Phi) is 4.31. The summed E-state index contributed by atoms with van der Waals surface area (Å²) in [6.45, 7) is 0. The Labute approximate surface area is 118 Å². The molecule has 88 valence electrons. The summed E-state index contributed by atoms with van der Waals surface area (Å²) in [5.41, 5.74) is 2.19. The van der Waals surface area contributed by atoms with Crippen LogP contribution in [0.5, 0.6) is 0 Å². The fourth-order valence-electron chi connectivity index (χ4n) is 1.74. The lowest BCUT2D eigenvalue weighted by molar-refractivity contribution is 0.667. The average molecular weight is 356 g/mol. The second-order valence-corrected chi connectivity index (χ2v) is 5.42. The molecule has 0 radical (unpaired) electrons. The topological polar surface area (TPSA) is 24.9 Å². The van der Waals surface area contributed by atoms with Crippen molar-refractivity contribution in [1.82, 2.24) is 10.3 Å². The zero-order chi connectivity index (χ0) is 12.3. The van der Waals surface area contributed by atoms with Crippen LogP contribution in [0.15, 0.2) is 51.5 Å². The van der Waals surface area contributed by atoms with Crippen LogP contribution >= 0.6 is 31.9 Å². The van der Waals surface area contributed by atoms with Gasteiger partial charge in [0.15, 0.2) is 0 Å². The van der Waals surface area contributed by atoms with E-state index < -0.39 is 0 Å². The van der Waals surface area contributed by atoms with E-state index in [4.69, 9.17) is 0 Å². The van der Waals surface area contributed by atoms with Crippen LogP contribution in [0.25, 0.3) is 0 Å². The van der Waals surface area contributed by atoms with Gasteiger partial charge in [-0.25, -0.2) is 0 Å². The standard InChI is InChI=1S/C13H12Br2N2/c1-16-12(9-5-3-2-4-6-9)13-11(15)7-10(14)8-17-13/h2-8,12,16H,1H3. The van der Waals surface area contributed by atoms with E-state index >= 15 is 0 Å². The Morgan fingerprint density at radius 1 is 1.18 bits per heavy atom. The Morgan fingerprint density at radius 3 is 2.47 bits per heavy atom. The Hall–Kier alpha value is -0.710. The Bertz CT molecular complexity index is 500. The fourth-order valence-corrected chi connectivity index (χ4v) is 2.96. The third-order valence-corrected chi connectivity index (χ3v) is 3.60. The van der Waals surface area contributed by atoms with Crippen molar-refractivity contribution >= 4 is 31.9 Å². The molecule has 2 rings (SSSR count). The van der Waals surface area contributed by atoms with Crippen molar-refractivity contribution in [3.05, 3.63) is 62.8 Å². The smallest absolute Gasteiger partial charge is 0.0761 e. The first-order valence-corrected chi connectivity index (χ1v) is 6.84. The van der Waals surface area contributed by atoms with Gasteiger partial charge in [0, 0.05) is 15.1 Å². The quantitative estimate of drug-likeness (QED) is 0.902. The predicted octanol–water partition coefficient (Wildman–Crippen LogP) is 3.92. The van der Waals surface area contributed by atoms with Crippen molar-refractivity contribution in [2.45, 2.75) is 6.04 Å². The minimum absolute atomic E-state index is 0.0960. The van der Waals surface area contributed by atoms with Crippen molar-refractivity contribution in [3.8, 4) is 0 Å². The zero-order valence-electron chi connectivity index (χ0n) is 9.32. The van der Waals surface area contributed by atoms with E-state index in [0.29, 0.717) is 0 Å². The van der Waals surface area contributed by atoms with Gasteiger partial charge in [0.1, 0.15) is 0 Å². The largest absolute Gasteiger partial charge is 0.308 e. The van der Waals surface area contributed by atoms with Crippen molar-refractivity contribution in [2.24, 2.45) is 0 Å². The first-order chi connectivity index (χ1) is 8.22. The molecule has 2 nitrogen and oxygen atoms in total. The molecule has 0 bridgehead atoms. The number of halogens is 2. The van der Waals surface area contributed by atoms with Crippen LogP contribution in [0.3, 0.4) is 0 Å². The van der Waals surface area contributed by atoms with Crippen molar-refractivity contribution in [2.75, 3.05) is 7.05 Å². The molecule has 0 saturated carbocycles. The summed E-state index contributed by atoms with van der Waals surface area (Å²) < 4.78 is 1.96. The van der Waals surface area contributed by atoms with Crippen molar-refractivity contribution in [3.63, 3.8) is 0 Å². The fraction of sp³-hybridized carbons (Fsp3) is 0.154. The molecule has 1 aromatic heterocycles. The number of hydrogen-bond acceptors (Lipinski definition) is 2. The highest BCUT2D eigenvalue weighted by atomic mass is 79.9. The maximum atomic E-state index is 4.47. The second kappa shape index (κ2) is 5.76. The van der Waals surface area contributed by atoms with Crippen LogP contribution < -0.4 is 5.32 Å². The van der Waals surface area contributed by atoms with Gasteiger partial charge in [-0.15, -0.1) is 0 Å². The van der Waals surface area contributed by atoms with E-state index in [1.807, 2.05) is 37.5 Å². The first-order valence-electron chi connectivity index (χ1n) is 5.25. The molecule has 0 aliphatic heterocycles. The van der Waals surface area contributed by atoms with Crippen LogP contribution in [-0.2, 0) is 0 Å². The number of pyridine rings is 1. The molecule has 1 N–H and O–H groups in total. The summed E-state index contributed by atoms with van der Waals surface area (Å²) in [5, 5.41) is 3.29. The molecule has 0 aliphatic rings. The third kappa shape index (κ3) is 2.94. The average Bonchev–Trinajstić information content (AvgIpc) is 2.34. The van der Waals surface area contributed by atoms with E-state index in [9.17, 15) is 0 Å². The van der Waals surface area contributed by atoms with E-state index in [-0.39, 0.29) is 6.04 Å². The lowest BCUT2D eigenvalue weighted by Crippen LogP contribution is -2.19. The lowest BCUT2D eigenvalue weighted by atomic mass is 10.0. The van der Waals surface area contributed by atoms with Crippen LogP contribution in [0.4, 0.5) is 0 Å². The molecule has 1 aromatic carbocycles. The van der Waals surface area contributed by atoms with E-state index in [1.165, 1.54) is 5.56 Å². The number of hydrogen-bond donors (Lipinski definition) is 1. The molecular weight excluding hydrogens is 344 g/mol. The number of benzene rings is 1. The van der Waals surface area contributed by atoms with Crippen molar-refractivity contribution in [1.29, 1.82) is 0 Å². The SMILES string of the molecule is CNC(c1ccccc1)c1ncc(Br)cc1Br. The van der Waals surface area contributed by atoms with Gasteiger partial charge in [-0.3, -0.25) is 4.98 Å². The van der Waals surface area contributed by atoms with Gasteiger partial charge in [0.05, 0.1) is 11.7 Å². The lowest BCUT2D eigenvalue weighted by Gasteiger charge is -2.17. The predicted molar refractivity (Wildman–Crippen MR) is 77.0 cm³/mol. The van der Waals surface area contributed by atoms with Gasteiger partial charge < -0.3 is 5.32 Å². The molecule has 17 heavy (non-hydrogen) atoms. The molecule has 1 heterocycles. The van der Waals surface area contributed by atoms with Crippen molar-refractivity contribution < 1.29 is 0 Å². The summed E-state index contributed by atoms with van der Waals surface area (Å²) in [6.07, 6.45) is 1.81. The van der Waals surface area contributed by atoms with E-state index in [1.54, 1.807) is 0 Å². The molecular formula is C13H12Br2N2. The summed E-state index contributed by atoms with van der Waals surface area (Å²) >= 11 is 6.96. The summed E-state index contributed by atoms with van der Waals surface area (Å²) in [5.74, 6) is 0. The minimum atomic E-state index is 0.0960. The monoisotopic (exact) mass is 354 g/mol. The van der Waals surface area contributed by atoms with Crippen LogP contribution in [0.2, 0.25) is 0 Å². The molecule has 0 amide bonds. The number of aromatic nitrogens is 1. The van der Waals surface area contributed by atoms with Gasteiger partial charge in [-0.2, -0.15) is 0 Å². The maximum Gasteiger partial charge on any atom is 0.0761 e. The summed E-state index contributed by atoms with van der Waals surface area (Å²) in [6, 6.07) is 12.4. The molecule has 0 saturated heterocycles. The first kappa shape index (κ1) is 12.7. The van der Waals surface area contributed by atoms with Gasteiger partial charge in [0.25, 0.3) is 0 Å². The summed E-state index contributed by atoms with van der Waals surface area (Å²) in [4.78, 5) is 4.47. The normalized spacial score (nSPS) is 12.4. The highest BCUT2D eigenvalue weighted by Gasteiger charge is 2.16. The zero-order valence-corrected chi connectivity index (χ0v) is 12.5. The van der Waals surface area contributed by atoms with Gasteiger partial charge >= 0.3 is 0 Å². The number of rotatable bonds is 3. The van der Waals surface area contributed by atoms with Crippen LogP contribution in [0, 0.1) is 0 Å². The molecule has 0 fully saturated rings. The van der Waals surface area contributed by atoms with Gasteiger partial charge in [0.2, 0.25) is 0 Å². The summed E-state index contributed by atoms with van der Waals surface area (Å²) in [7, 11) is 1.94. The molecule has 0 aliphatic carbocycles. The molecule has 0 spiro atoms. The Morgan fingerprint density at radius 2 is 1.88 bits per heavy atom. The van der Waals surface area contributed by atoms with E-state index in [0.717, 1.165) is 14.6 Å². The van der Waals surface area contributed by atoms with Crippen LogP contribution in [0.1, 0.15) is 17.3 Å². The number of nitrogens with zero attached hydrogens (tertiary/aromatic N) is 1. The van der Waals surface area contributed by atoms with Crippen LogP contribution in [-0.4, -0.2) is 12.0 Å². The van der Waals surface area contributed by atoms with Gasteiger partial charge in [-0.1, -0.05) is 30.3 Å². The highest BCUT2D eigenvalue weighted by Crippen LogP contribution is 2.28. The molecule has 1 atom stereocenters. The molecule has 1 unspecified atom stereocenters. The third-order valence-electron chi connectivity index (χ3n) is 2.53. The van der Waals surface area contributed by atoms with E-state index in [2.05, 4.69) is 54.3 Å². The Balaban J connectivity index is 2.42. The highest BCUT2D eigenvalue weighted by molar-refractivity contribution is 9.11. The molecule has 4 heteroatoms. The number of nitrogens with one attached hydrogen (secondary N) is 1. The second-order valence-electron chi connectivity index (χ2n) is 3.65. The molecule has 2 aromatic rings.